The molecule has 2 aromatic carbocycles. The minimum atomic E-state index is -1.29. The van der Waals surface area contributed by atoms with E-state index in [-0.39, 0.29) is 5.56 Å². The standard InChI is InChI=1S/C14H10BrFO3/c15-10-3-1-9(2-4-10)8-19-11-5-6-12(14(17)18)13(16)7-11/h1-7H,8H2,(H,17,18). The molecule has 0 unspecified atom stereocenters. The van der Waals surface area contributed by atoms with Crippen LogP contribution in [0, 0.1) is 5.82 Å². The summed E-state index contributed by atoms with van der Waals surface area (Å²) in [5, 5.41) is 8.71. The van der Waals surface area contributed by atoms with E-state index in [4.69, 9.17) is 9.84 Å². The predicted molar refractivity (Wildman–Crippen MR) is 71.8 cm³/mol. The van der Waals surface area contributed by atoms with Gasteiger partial charge in [0.15, 0.2) is 0 Å². The SMILES string of the molecule is O=C(O)c1ccc(OCc2ccc(Br)cc2)cc1F. The second kappa shape index (κ2) is 5.84. The number of benzene rings is 2. The Morgan fingerprint density at radius 3 is 2.47 bits per heavy atom. The lowest BCUT2D eigenvalue weighted by atomic mass is 10.2. The first-order chi connectivity index (χ1) is 9.06. The fourth-order valence-electron chi connectivity index (χ4n) is 1.51. The minimum Gasteiger partial charge on any atom is -0.489 e. The molecule has 0 aliphatic carbocycles. The van der Waals surface area contributed by atoms with Gasteiger partial charge in [0, 0.05) is 10.5 Å². The maximum Gasteiger partial charge on any atom is 0.338 e. The van der Waals surface area contributed by atoms with Crippen LogP contribution in [-0.2, 0) is 6.61 Å². The third-order valence-electron chi connectivity index (χ3n) is 2.49. The molecule has 98 valence electrons. The van der Waals surface area contributed by atoms with Crippen LogP contribution < -0.4 is 4.74 Å². The number of carboxylic acids is 1. The van der Waals surface area contributed by atoms with Gasteiger partial charge in [-0.25, -0.2) is 9.18 Å². The Bertz CT molecular complexity index is 596. The summed E-state index contributed by atoms with van der Waals surface area (Å²) in [6.45, 7) is 0.291. The van der Waals surface area contributed by atoms with Crippen molar-refractivity contribution in [2.24, 2.45) is 0 Å². The summed E-state index contributed by atoms with van der Waals surface area (Å²) in [7, 11) is 0. The fraction of sp³-hybridized carbons (Fsp3) is 0.0714. The van der Waals surface area contributed by atoms with Gasteiger partial charge in [-0.2, -0.15) is 0 Å². The molecule has 0 heterocycles. The molecular formula is C14H10BrFO3. The van der Waals surface area contributed by atoms with E-state index >= 15 is 0 Å². The monoisotopic (exact) mass is 324 g/mol. The molecule has 0 spiro atoms. The van der Waals surface area contributed by atoms with Crippen LogP contribution in [0.25, 0.3) is 0 Å². The zero-order valence-electron chi connectivity index (χ0n) is 9.77. The molecule has 0 aliphatic heterocycles. The molecule has 2 rings (SSSR count). The van der Waals surface area contributed by atoms with Gasteiger partial charge >= 0.3 is 5.97 Å². The van der Waals surface area contributed by atoms with Crippen LogP contribution >= 0.6 is 15.9 Å². The average Bonchev–Trinajstić information content (AvgIpc) is 2.37. The molecule has 2 aromatic rings. The molecule has 0 aliphatic rings. The highest BCUT2D eigenvalue weighted by molar-refractivity contribution is 9.10. The fourth-order valence-corrected chi connectivity index (χ4v) is 1.77. The van der Waals surface area contributed by atoms with Crippen LogP contribution in [-0.4, -0.2) is 11.1 Å². The van der Waals surface area contributed by atoms with Crippen molar-refractivity contribution in [3.05, 3.63) is 63.9 Å². The highest BCUT2D eigenvalue weighted by atomic mass is 79.9. The number of hydrogen-bond donors (Lipinski definition) is 1. The van der Waals surface area contributed by atoms with Crippen molar-refractivity contribution in [2.75, 3.05) is 0 Å². The predicted octanol–water partition coefficient (Wildman–Crippen LogP) is 3.87. The first kappa shape index (κ1) is 13.5. The third-order valence-corrected chi connectivity index (χ3v) is 3.02. The normalized spacial score (nSPS) is 10.2. The zero-order chi connectivity index (χ0) is 13.8. The van der Waals surface area contributed by atoms with E-state index in [1.807, 2.05) is 24.3 Å². The number of halogens is 2. The van der Waals surface area contributed by atoms with Crippen LogP contribution in [0.4, 0.5) is 4.39 Å². The zero-order valence-corrected chi connectivity index (χ0v) is 11.4. The minimum absolute atomic E-state index is 0.291. The Hall–Kier alpha value is -1.88. The average molecular weight is 325 g/mol. The molecule has 0 amide bonds. The quantitative estimate of drug-likeness (QED) is 0.928. The molecular weight excluding hydrogens is 315 g/mol. The van der Waals surface area contributed by atoms with Crippen molar-refractivity contribution in [3.63, 3.8) is 0 Å². The van der Waals surface area contributed by atoms with Crippen molar-refractivity contribution < 1.29 is 19.0 Å². The Balaban J connectivity index is 2.06. The largest absolute Gasteiger partial charge is 0.489 e. The summed E-state index contributed by atoms with van der Waals surface area (Å²) < 4.78 is 19.8. The van der Waals surface area contributed by atoms with Crippen LogP contribution in [0.1, 0.15) is 15.9 Å². The van der Waals surface area contributed by atoms with Gasteiger partial charge in [-0.1, -0.05) is 28.1 Å². The topological polar surface area (TPSA) is 46.5 Å². The van der Waals surface area contributed by atoms with Gasteiger partial charge in [-0.15, -0.1) is 0 Å². The molecule has 3 nitrogen and oxygen atoms in total. The van der Waals surface area contributed by atoms with Gasteiger partial charge in [0.1, 0.15) is 18.2 Å². The van der Waals surface area contributed by atoms with Crippen LogP contribution in [0.2, 0.25) is 0 Å². The molecule has 0 atom stereocenters. The van der Waals surface area contributed by atoms with Crippen LogP contribution in [0.5, 0.6) is 5.75 Å². The Kier molecular flexibility index (Phi) is 4.16. The lowest BCUT2D eigenvalue weighted by Gasteiger charge is -2.07. The molecule has 0 saturated carbocycles. The third kappa shape index (κ3) is 3.54. The lowest BCUT2D eigenvalue weighted by molar-refractivity contribution is 0.0692. The Morgan fingerprint density at radius 2 is 1.89 bits per heavy atom. The second-order valence-electron chi connectivity index (χ2n) is 3.86. The van der Waals surface area contributed by atoms with E-state index in [2.05, 4.69) is 15.9 Å². The number of rotatable bonds is 4. The first-order valence-electron chi connectivity index (χ1n) is 5.46. The molecule has 0 aromatic heterocycles. The summed E-state index contributed by atoms with van der Waals surface area (Å²) in [6.07, 6.45) is 0. The van der Waals surface area contributed by atoms with Crippen molar-refractivity contribution in [1.29, 1.82) is 0 Å². The summed E-state index contributed by atoms with van der Waals surface area (Å²) in [6, 6.07) is 11.2. The van der Waals surface area contributed by atoms with Crippen molar-refractivity contribution in [2.45, 2.75) is 6.61 Å². The Labute approximate surface area is 117 Å². The van der Waals surface area contributed by atoms with Crippen molar-refractivity contribution in [1.82, 2.24) is 0 Å². The number of hydrogen-bond acceptors (Lipinski definition) is 2. The van der Waals surface area contributed by atoms with E-state index in [1.165, 1.54) is 12.1 Å². The summed E-state index contributed by atoms with van der Waals surface area (Å²) in [4.78, 5) is 10.7. The van der Waals surface area contributed by atoms with E-state index in [0.717, 1.165) is 16.1 Å². The molecule has 0 saturated heterocycles. The Morgan fingerprint density at radius 1 is 1.21 bits per heavy atom. The molecule has 19 heavy (non-hydrogen) atoms. The summed E-state index contributed by atoms with van der Waals surface area (Å²) in [5.74, 6) is -1.80. The van der Waals surface area contributed by atoms with Crippen molar-refractivity contribution in [3.8, 4) is 5.75 Å². The molecule has 1 N–H and O–H groups in total. The van der Waals surface area contributed by atoms with E-state index in [9.17, 15) is 9.18 Å². The number of aromatic carboxylic acids is 1. The maximum atomic E-state index is 13.4. The van der Waals surface area contributed by atoms with Gasteiger partial charge in [0.05, 0.1) is 5.56 Å². The maximum absolute atomic E-state index is 13.4. The van der Waals surface area contributed by atoms with Gasteiger partial charge < -0.3 is 9.84 Å². The first-order valence-corrected chi connectivity index (χ1v) is 6.25. The van der Waals surface area contributed by atoms with Crippen molar-refractivity contribution >= 4 is 21.9 Å². The second-order valence-corrected chi connectivity index (χ2v) is 4.78. The molecule has 5 heteroatoms. The highest BCUT2D eigenvalue weighted by Gasteiger charge is 2.10. The van der Waals surface area contributed by atoms with E-state index in [1.54, 1.807) is 0 Å². The van der Waals surface area contributed by atoms with Gasteiger partial charge in [0.25, 0.3) is 0 Å². The lowest BCUT2D eigenvalue weighted by Crippen LogP contribution is -2.01. The van der Waals surface area contributed by atoms with Crippen LogP contribution in [0.15, 0.2) is 46.9 Å². The molecule has 0 fully saturated rings. The van der Waals surface area contributed by atoms with E-state index < -0.39 is 11.8 Å². The number of carboxylic acid groups (broad SMARTS) is 1. The van der Waals surface area contributed by atoms with Gasteiger partial charge in [-0.05, 0) is 29.8 Å². The van der Waals surface area contributed by atoms with Crippen LogP contribution in [0.3, 0.4) is 0 Å². The van der Waals surface area contributed by atoms with Gasteiger partial charge in [0.2, 0.25) is 0 Å². The molecule has 0 radical (unpaired) electrons. The smallest absolute Gasteiger partial charge is 0.338 e. The van der Waals surface area contributed by atoms with Gasteiger partial charge in [-0.3, -0.25) is 0 Å². The number of ether oxygens (including phenoxy) is 1. The molecule has 0 bridgehead atoms. The summed E-state index contributed by atoms with van der Waals surface area (Å²) >= 11 is 3.33. The van der Waals surface area contributed by atoms with E-state index in [0.29, 0.717) is 12.4 Å². The summed E-state index contributed by atoms with van der Waals surface area (Å²) in [5.41, 5.74) is 0.571. The highest BCUT2D eigenvalue weighted by Crippen LogP contribution is 2.18. The number of carbonyl (C=O) groups is 1.